The summed E-state index contributed by atoms with van der Waals surface area (Å²) in [5.41, 5.74) is 0. The van der Waals surface area contributed by atoms with E-state index in [-0.39, 0.29) is 17.9 Å². The normalized spacial score (nSPS) is 26.5. The maximum absolute atomic E-state index is 12.7. The van der Waals surface area contributed by atoms with E-state index in [1.54, 1.807) is 12.0 Å². The summed E-state index contributed by atoms with van der Waals surface area (Å²) in [6.45, 7) is 4.36. The molecule has 0 radical (unpaired) electrons. The Morgan fingerprint density at radius 1 is 1.20 bits per heavy atom. The quantitative estimate of drug-likeness (QED) is 0.702. The first kappa shape index (κ1) is 18.2. The fraction of sp³-hybridized carbons (Fsp3) is 0.833. The number of hydrogen-bond donors (Lipinski definition) is 1. The molecule has 0 aromatic rings. The van der Waals surface area contributed by atoms with Crippen LogP contribution in [0.2, 0.25) is 0 Å². The van der Waals surface area contributed by atoms with Crippen molar-refractivity contribution in [3.05, 3.63) is 0 Å². The van der Waals surface area contributed by atoms with E-state index in [0.717, 1.165) is 25.7 Å². The number of ether oxygens (including phenoxy) is 1. The fourth-order valence-electron chi connectivity index (χ4n) is 3.97. The minimum absolute atomic E-state index is 0.0159. The van der Waals surface area contributed by atoms with Crippen LogP contribution in [0.1, 0.15) is 39.0 Å². The third-order valence-corrected chi connectivity index (χ3v) is 5.67. The van der Waals surface area contributed by atoms with Gasteiger partial charge in [-0.2, -0.15) is 0 Å². The zero-order chi connectivity index (χ0) is 18.0. The summed E-state index contributed by atoms with van der Waals surface area (Å²) in [4.78, 5) is 40.6. The smallest absolute Gasteiger partial charge is 0.311 e. The Hall–Kier alpha value is -1.63. The Balaban J connectivity index is 1.56. The van der Waals surface area contributed by atoms with Crippen LogP contribution in [0.5, 0.6) is 0 Å². The number of amides is 3. The highest BCUT2D eigenvalue weighted by molar-refractivity contribution is 6.35. The lowest BCUT2D eigenvalue weighted by molar-refractivity contribution is -0.146. The van der Waals surface area contributed by atoms with Crippen molar-refractivity contribution in [2.45, 2.75) is 51.2 Å². The molecular weight excluding hydrogens is 322 g/mol. The van der Waals surface area contributed by atoms with Crippen LogP contribution in [0.4, 0.5) is 0 Å². The number of carbonyl (C=O) groups is 3. The lowest BCUT2D eigenvalue weighted by Gasteiger charge is -2.28. The van der Waals surface area contributed by atoms with E-state index < -0.39 is 17.9 Å². The van der Waals surface area contributed by atoms with E-state index in [1.165, 1.54) is 0 Å². The van der Waals surface area contributed by atoms with Gasteiger partial charge in [-0.1, -0.05) is 13.3 Å². The van der Waals surface area contributed by atoms with Crippen molar-refractivity contribution < 1.29 is 19.1 Å². The van der Waals surface area contributed by atoms with E-state index in [0.29, 0.717) is 38.5 Å². The van der Waals surface area contributed by atoms with E-state index in [2.05, 4.69) is 5.32 Å². The molecule has 1 N–H and O–H groups in total. The molecule has 3 rings (SSSR count). The molecule has 3 atom stereocenters. The lowest BCUT2D eigenvalue weighted by atomic mass is 10.0. The Kier molecular flexibility index (Phi) is 5.61. The first-order valence-electron chi connectivity index (χ1n) is 9.45. The van der Waals surface area contributed by atoms with Gasteiger partial charge in [-0.05, 0) is 31.6 Å². The third-order valence-electron chi connectivity index (χ3n) is 5.67. The molecule has 2 heterocycles. The summed E-state index contributed by atoms with van der Waals surface area (Å²) in [7, 11) is 1.57. The number of nitrogens with zero attached hydrogens (tertiary/aromatic N) is 2. The second-order valence-electron chi connectivity index (χ2n) is 7.52. The van der Waals surface area contributed by atoms with Crippen molar-refractivity contribution in [1.29, 1.82) is 0 Å². The number of nitrogens with one attached hydrogen (secondary N) is 1. The Bertz CT molecular complexity index is 534. The number of rotatable bonds is 6. The van der Waals surface area contributed by atoms with Gasteiger partial charge >= 0.3 is 11.8 Å². The molecule has 2 aliphatic heterocycles. The van der Waals surface area contributed by atoms with Gasteiger partial charge in [-0.15, -0.1) is 0 Å². The van der Waals surface area contributed by atoms with Crippen LogP contribution in [0, 0.1) is 11.8 Å². The van der Waals surface area contributed by atoms with Crippen LogP contribution >= 0.6 is 0 Å². The molecule has 3 fully saturated rings. The molecule has 0 aromatic heterocycles. The maximum Gasteiger partial charge on any atom is 0.311 e. The number of fused-ring (bicyclic) bond motifs is 1. The van der Waals surface area contributed by atoms with Crippen LogP contribution in [0.15, 0.2) is 0 Å². The molecule has 1 saturated carbocycles. The first-order valence-corrected chi connectivity index (χ1v) is 9.45. The summed E-state index contributed by atoms with van der Waals surface area (Å²) < 4.78 is 5.35. The van der Waals surface area contributed by atoms with Gasteiger partial charge in [0.05, 0.1) is 6.04 Å². The molecule has 3 aliphatic rings. The van der Waals surface area contributed by atoms with Crippen molar-refractivity contribution in [1.82, 2.24) is 15.1 Å². The van der Waals surface area contributed by atoms with Crippen molar-refractivity contribution in [3.8, 4) is 0 Å². The van der Waals surface area contributed by atoms with Crippen molar-refractivity contribution in [3.63, 3.8) is 0 Å². The Labute approximate surface area is 149 Å². The van der Waals surface area contributed by atoms with Crippen molar-refractivity contribution in [2.75, 3.05) is 33.3 Å². The van der Waals surface area contributed by atoms with Gasteiger partial charge in [0.25, 0.3) is 5.91 Å². The van der Waals surface area contributed by atoms with E-state index in [1.807, 2.05) is 11.8 Å². The maximum atomic E-state index is 12.7. The molecule has 140 valence electrons. The number of methoxy groups -OCH3 is 1. The van der Waals surface area contributed by atoms with E-state index in [4.69, 9.17) is 4.74 Å². The molecule has 2 saturated heterocycles. The van der Waals surface area contributed by atoms with Gasteiger partial charge in [-0.3, -0.25) is 14.4 Å². The van der Waals surface area contributed by atoms with Crippen LogP contribution in [-0.4, -0.2) is 73.0 Å². The predicted octanol–water partition coefficient (Wildman–Crippen LogP) is 0.387. The Morgan fingerprint density at radius 2 is 1.96 bits per heavy atom. The minimum atomic E-state index is -0.509. The van der Waals surface area contributed by atoms with Gasteiger partial charge < -0.3 is 19.9 Å². The first-order chi connectivity index (χ1) is 12.0. The van der Waals surface area contributed by atoms with Gasteiger partial charge in [-0.25, -0.2) is 0 Å². The van der Waals surface area contributed by atoms with Gasteiger partial charge in [0.15, 0.2) is 0 Å². The second kappa shape index (κ2) is 7.72. The highest BCUT2D eigenvalue weighted by Crippen LogP contribution is 2.32. The zero-order valence-electron chi connectivity index (χ0n) is 15.2. The monoisotopic (exact) mass is 351 g/mol. The lowest BCUT2D eigenvalue weighted by Crippen LogP contribution is -2.47. The van der Waals surface area contributed by atoms with Gasteiger partial charge in [0.1, 0.15) is 6.10 Å². The molecule has 3 amide bonds. The number of likely N-dealkylation sites (tertiary alicyclic amines) is 2. The highest BCUT2D eigenvalue weighted by atomic mass is 16.5. The standard InChI is InChI=1S/C18H29N3O4/c1-3-4-15(25-2)17(23)21-8-7-13-10-20(11-14(13)21)18(24)16(22)19-9-12-5-6-12/h12-15H,3-11H2,1-2H3,(H,19,22)/t13-,14+,15?/m1/s1. The fourth-order valence-corrected chi connectivity index (χ4v) is 3.97. The summed E-state index contributed by atoms with van der Waals surface area (Å²) in [5, 5.41) is 2.73. The molecule has 7 heteroatoms. The molecule has 1 unspecified atom stereocenters. The summed E-state index contributed by atoms with van der Waals surface area (Å²) >= 11 is 0. The van der Waals surface area contributed by atoms with Crippen molar-refractivity contribution >= 4 is 17.7 Å². The third kappa shape index (κ3) is 3.97. The van der Waals surface area contributed by atoms with Crippen LogP contribution in [0.3, 0.4) is 0 Å². The molecular formula is C18H29N3O4. The van der Waals surface area contributed by atoms with Gasteiger partial charge in [0.2, 0.25) is 0 Å². The topological polar surface area (TPSA) is 79.0 Å². The van der Waals surface area contributed by atoms with Crippen molar-refractivity contribution in [2.24, 2.45) is 11.8 Å². The number of hydrogen-bond acceptors (Lipinski definition) is 4. The zero-order valence-corrected chi connectivity index (χ0v) is 15.2. The van der Waals surface area contributed by atoms with Crippen LogP contribution in [-0.2, 0) is 19.1 Å². The average molecular weight is 351 g/mol. The molecule has 25 heavy (non-hydrogen) atoms. The van der Waals surface area contributed by atoms with E-state index >= 15 is 0 Å². The molecule has 1 aliphatic carbocycles. The summed E-state index contributed by atoms with van der Waals surface area (Å²) in [6.07, 6.45) is 4.34. The summed E-state index contributed by atoms with van der Waals surface area (Å²) in [6, 6.07) is 0.0159. The molecule has 0 bridgehead atoms. The van der Waals surface area contributed by atoms with Gasteiger partial charge in [0, 0.05) is 39.2 Å². The number of carbonyl (C=O) groups excluding carboxylic acids is 3. The minimum Gasteiger partial charge on any atom is -0.372 e. The van der Waals surface area contributed by atoms with Crippen LogP contribution < -0.4 is 5.32 Å². The van der Waals surface area contributed by atoms with E-state index in [9.17, 15) is 14.4 Å². The molecule has 0 aromatic carbocycles. The Morgan fingerprint density at radius 3 is 2.60 bits per heavy atom. The SMILES string of the molecule is CCCC(OC)C(=O)N1CC[C@@H]2CN(C(=O)C(=O)NCC3CC3)C[C@@H]21. The molecule has 0 spiro atoms. The average Bonchev–Trinajstić information content (AvgIpc) is 3.22. The highest BCUT2D eigenvalue weighted by Gasteiger charge is 2.46. The second-order valence-corrected chi connectivity index (χ2v) is 7.52. The largest absolute Gasteiger partial charge is 0.372 e. The predicted molar refractivity (Wildman–Crippen MR) is 91.6 cm³/mol. The molecule has 7 nitrogen and oxygen atoms in total. The van der Waals surface area contributed by atoms with Crippen LogP contribution in [0.25, 0.3) is 0 Å². The summed E-state index contributed by atoms with van der Waals surface area (Å²) in [5.74, 6) is -0.134.